The van der Waals surface area contributed by atoms with E-state index in [9.17, 15) is 0 Å². The summed E-state index contributed by atoms with van der Waals surface area (Å²) in [4.78, 5) is 13.4. The summed E-state index contributed by atoms with van der Waals surface area (Å²) in [6.45, 7) is 11.4. The van der Waals surface area contributed by atoms with Gasteiger partial charge in [0.05, 0.1) is 0 Å². The summed E-state index contributed by atoms with van der Waals surface area (Å²) >= 11 is 0. The maximum atomic E-state index is 5.87. The van der Waals surface area contributed by atoms with Gasteiger partial charge in [0, 0.05) is 38.3 Å². The van der Waals surface area contributed by atoms with Crippen LogP contribution in [0, 0.1) is 12.8 Å². The van der Waals surface area contributed by atoms with Crippen LogP contribution in [0.4, 0.5) is 17.6 Å². The Balaban J connectivity index is 2.20. The minimum absolute atomic E-state index is 0.343. The van der Waals surface area contributed by atoms with Gasteiger partial charge in [-0.1, -0.05) is 13.8 Å². The van der Waals surface area contributed by atoms with Crippen LogP contribution in [0.2, 0.25) is 0 Å². The van der Waals surface area contributed by atoms with E-state index < -0.39 is 0 Å². The molecule has 0 spiro atoms. The van der Waals surface area contributed by atoms with E-state index in [2.05, 4.69) is 52.9 Å². The van der Waals surface area contributed by atoms with Gasteiger partial charge in [0.25, 0.3) is 0 Å². The first-order chi connectivity index (χ1) is 9.47. The maximum absolute atomic E-state index is 5.87. The summed E-state index contributed by atoms with van der Waals surface area (Å²) in [5.74, 6) is 2.74. The zero-order valence-electron chi connectivity index (χ0n) is 13.0. The van der Waals surface area contributed by atoms with Crippen molar-refractivity contribution in [3.63, 3.8) is 0 Å². The quantitative estimate of drug-likeness (QED) is 0.862. The Morgan fingerprint density at radius 3 is 2.45 bits per heavy atom. The van der Waals surface area contributed by atoms with Crippen molar-refractivity contribution in [2.24, 2.45) is 5.92 Å². The molecule has 2 rings (SSSR count). The monoisotopic (exact) mass is 278 g/mol. The van der Waals surface area contributed by atoms with E-state index in [0.29, 0.717) is 11.9 Å². The van der Waals surface area contributed by atoms with Gasteiger partial charge < -0.3 is 20.9 Å². The Morgan fingerprint density at radius 1 is 1.20 bits per heavy atom. The molecule has 1 aliphatic heterocycles. The number of aromatic nitrogens is 2. The molecule has 1 aromatic rings. The molecule has 1 fully saturated rings. The van der Waals surface area contributed by atoms with Crippen LogP contribution < -0.4 is 16.0 Å². The first-order valence-electron chi connectivity index (χ1n) is 7.29. The number of rotatable bonds is 4. The third kappa shape index (κ3) is 3.50. The average molecular weight is 278 g/mol. The van der Waals surface area contributed by atoms with E-state index in [0.717, 1.165) is 49.9 Å². The molecule has 0 atom stereocenters. The number of hydrogen-bond donors (Lipinski definition) is 2. The highest BCUT2D eigenvalue weighted by Gasteiger charge is 2.19. The molecule has 0 aromatic carbocycles. The number of anilines is 3. The van der Waals surface area contributed by atoms with E-state index in [-0.39, 0.29) is 0 Å². The minimum Gasteiger partial charge on any atom is -0.369 e. The lowest BCUT2D eigenvalue weighted by Crippen LogP contribution is -2.45. The first kappa shape index (κ1) is 14.8. The smallest absolute Gasteiger partial charge is 0.223 e. The van der Waals surface area contributed by atoms with Crippen molar-refractivity contribution in [1.82, 2.24) is 14.9 Å². The third-order valence-corrected chi connectivity index (χ3v) is 3.62. The summed E-state index contributed by atoms with van der Waals surface area (Å²) in [5.41, 5.74) is 6.96. The Kier molecular flexibility index (Phi) is 4.65. The number of piperazine rings is 1. The maximum Gasteiger partial charge on any atom is 0.223 e. The molecule has 0 unspecified atom stereocenters. The zero-order valence-corrected chi connectivity index (χ0v) is 13.0. The van der Waals surface area contributed by atoms with Crippen molar-refractivity contribution in [1.29, 1.82) is 0 Å². The van der Waals surface area contributed by atoms with Crippen LogP contribution in [0.1, 0.15) is 19.4 Å². The number of nitrogen functional groups attached to an aromatic ring is 1. The highest BCUT2D eigenvalue weighted by Crippen LogP contribution is 2.25. The van der Waals surface area contributed by atoms with Crippen molar-refractivity contribution < 1.29 is 0 Å². The van der Waals surface area contributed by atoms with Gasteiger partial charge in [-0.2, -0.15) is 9.97 Å². The van der Waals surface area contributed by atoms with Crippen LogP contribution in [-0.2, 0) is 0 Å². The Hall–Kier alpha value is -1.56. The molecule has 1 aliphatic rings. The molecule has 0 bridgehead atoms. The second-order valence-corrected chi connectivity index (χ2v) is 5.94. The van der Waals surface area contributed by atoms with Crippen molar-refractivity contribution in [2.75, 3.05) is 55.7 Å². The summed E-state index contributed by atoms with van der Waals surface area (Å²) in [6.07, 6.45) is 0. The number of nitrogens with one attached hydrogen (secondary N) is 1. The van der Waals surface area contributed by atoms with Crippen LogP contribution in [0.15, 0.2) is 0 Å². The number of hydrogen-bond acceptors (Lipinski definition) is 6. The standard InChI is InChI=1S/C14H26N6/c1-10(2)9-16-12-11(3)13(18-14(15)17-12)20-7-5-19(4)6-8-20/h10H,5-9H2,1-4H3,(H3,15,16,17,18). The van der Waals surface area contributed by atoms with Gasteiger partial charge in [-0.25, -0.2) is 0 Å². The minimum atomic E-state index is 0.343. The number of nitrogens with zero attached hydrogens (tertiary/aromatic N) is 4. The van der Waals surface area contributed by atoms with Crippen LogP contribution in [-0.4, -0.2) is 54.6 Å². The van der Waals surface area contributed by atoms with Crippen LogP contribution in [0.3, 0.4) is 0 Å². The van der Waals surface area contributed by atoms with Crippen molar-refractivity contribution in [3.8, 4) is 0 Å². The molecule has 3 N–H and O–H groups in total. The fraction of sp³-hybridized carbons (Fsp3) is 0.714. The molecule has 0 amide bonds. The van der Waals surface area contributed by atoms with Crippen LogP contribution in [0.25, 0.3) is 0 Å². The highest BCUT2D eigenvalue weighted by molar-refractivity contribution is 5.61. The lowest BCUT2D eigenvalue weighted by Gasteiger charge is -2.34. The topological polar surface area (TPSA) is 70.3 Å². The number of nitrogens with two attached hydrogens (primary N) is 1. The molecule has 0 aliphatic carbocycles. The van der Waals surface area contributed by atoms with Crippen molar-refractivity contribution in [2.45, 2.75) is 20.8 Å². The molecule has 1 saturated heterocycles. The molecule has 20 heavy (non-hydrogen) atoms. The summed E-state index contributed by atoms with van der Waals surface area (Å²) in [5, 5.41) is 3.37. The van der Waals surface area contributed by atoms with Gasteiger partial charge >= 0.3 is 0 Å². The van der Waals surface area contributed by atoms with E-state index in [1.54, 1.807) is 0 Å². The van der Waals surface area contributed by atoms with Crippen LogP contribution in [0.5, 0.6) is 0 Å². The normalized spacial score (nSPS) is 16.8. The van der Waals surface area contributed by atoms with Gasteiger partial charge in [-0.3, -0.25) is 0 Å². The van der Waals surface area contributed by atoms with Gasteiger partial charge in [-0.15, -0.1) is 0 Å². The van der Waals surface area contributed by atoms with Gasteiger partial charge in [-0.05, 0) is 19.9 Å². The predicted octanol–water partition coefficient (Wildman–Crippen LogP) is 1.19. The second kappa shape index (κ2) is 6.26. The summed E-state index contributed by atoms with van der Waals surface area (Å²) in [7, 11) is 2.15. The Bertz CT molecular complexity index is 451. The predicted molar refractivity (Wildman–Crippen MR) is 84.2 cm³/mol. The van der Waals surface area contributed by atoms with E-state index >= 15 is 0 Å². The van der Waals surface area contributed by atoms with Crippen molar-refractivity contribution >= 4 is 17.6 Å². The first-order valence-corrected chi connectivity index (χ1v) is 7.29. The highest BCUT2D eigenvalue weighted by atomic mass is 15.3. The molecule has 6 nitrogen and oxygen atoms in total. The molecular weight excluding hydrogens is 252 g/mol. The second-order valence-electron chi connectivity index (χ2n) is 5.94. The lowest BCUT2D eigenvalue weighted by molar-refractivity contribution is 0.312. The fourth-order valence-electron chi connectivity index (χ4n) is 2.32. The molecule has 0 radical (unpaired) electrons. The lowest BCUT2D eigenvalue weighted by atomic mass is 10.2. The molecule has 0 saturated carbocycles. The van der Waals surface area contributed by atoms with Gasteiger partial charge in [0.1, 0.15) is 11.6 Å². The summed E-state index contributed by atoms with van der Waals surface area (Å²) < 4.78 is 0. The summed E-state index contributed by atoms with van der Waals surface area (Å²) in [6, 6.07) is 0. The molecular formula is C14H26N6. The van der Waals surface area contributed by atoms with Crippen molar-refractivity contribution in [3.05, 3.63) is 5.56 Å². The third-order valence-electron chi connectivity index (χ3n) is 3.62. The van der Waals surface area contributed by atoms with Gasteiger partial charge in [0.15, 0.2) is 0 Å². The van der Waals surface area contributed by atoms with E-state index in [1.807, 2.05) is 0 Å². The molecule has 2 heterocycles. The largest absolute Gasteiger partial charge is 0.369 e. The van der Waals surface area contributed by atoms with Crippen LogP contribution >= 0.6 is 0 Å². The molecule has 1 aromatic heterocycles. The van der Waals surface area contributed by atoms with E-state index in [1.165, 1.54) is 0 Å². The van der Waals surface area contributed by atoms with Gasteiger partial charge in [0.2, 0.25) is 5.95 Å². The van der Waals surface area contributed by atoms with E-state index in [4.69, 9.17) is 5.73 Å². The zero-order chi connectivity index (χ0) is 14.7. The molecule has 6 heteroatoms. The number of likely N-dealkylation sites (N-methyl/N-ethyl adjacent to an activating group) is 1. The fourth-order valence-corrected chi connectivity index (χ4v) is 2.32. The Labute approximate surface area is 121 Å². The Morgan fingerprint density at radius 2 is 1.85 bits per heavy atom. The SMILES string of the molecule is Cc1c(NCC(C)C)nc(N)nc1N1CCN(C)CC1. The average Bonchev–Trinajstić information content (AvgIpc) is 2.40. The molecule has 112 valence electrons.